The molecule has 1 atom stereocenters. The van der Waals surface area contributed by atoms with E-state index in [9.17, 15) is 35.1 Å². The lowest BCUT2D eigenvalue weighted by atomic mass is 9.77. The molecule has 1 aliphatic carbocycles. The number of anilines is 2. The van der Waals surface area contributed by atoms with Gasteiger partial charge < -0.3 is 14.5 Å². The predicted octanol–water partition coefficient (Wildman–Crippen LogP) is 9.66. The number of rotatable bonds is 12. The quantitative estimate of drug-likeness (QED) is 0.0922. The van der Waals surface area contributed by atoms with E-state index >= 15 is 0 Å². The Hall–Kier alpha value is -4.86. The average Bonchev–Trinajstić information content (AvgIpc) is 3.83. The van der Waals surface area contributed by atoms with Crippen molar-refractivity contribution in [3.8, 4) is 0 Å². The molecule has 56 heavy (non-hydrogen) atoms. The SMILES string of the molecule is Cn1nnc(N(Cc2cc(C(F)(F)F)cc(C(F)(F)F)c2)Cc2cc3cc(F)c(F)cc3nc2N2CCC[C@@H]2C2CCC(CCOCc3ccccc3)CC2)n1. The van der Waals surface area contributed by atoms with Crippen LogP contribution in [-0.2, 0) is 43.8 Å². The lowest BCUT2D eigenvalue weighted by Crippen LogP contribution is -2.39. The lowest BCUT2D eigenvalue weighted by molar-refractivity contribution is -0.143. The first-order valence-corrected chi connectivity index (χ1v) is 18.7. The van der Waals surface area contributed by atoms with Crippen LogP contribution in [0, 0.1) is 23.5 Å². The van der Waals surface area contributed by atoms with E-state index < -0.39 is 41.7 Å². The smallest absolute Gasteiger partial charge is 0.377 e. The fourth-order valence-corrected chi connectivity index (χ4v) is 8.12. The zero-order valence-electron chi connectivity index (χ0n) is 30.6. The van der Waals surface area contributed by atoms with Gasteiger partial charge in [0.05, 0.1) is 30.3 Å². The molecule has 0 unspecified atom stereocenters. The Bertz CT molecular complexity index is 2080. The number of fused-ring (bicyclic) bond motifs is 1. The molecule has 3 heterocycles. The highest BCUT2D eigenvalue weighted by Gasteiger charge is 2.38. The fraction of sp³-hybridized carbons (Fsp3) is 0.450. The van der Waals surface area contributed by atoms with Gasteiger partial charge >= 0.3 is 12.4 Å². The van der Waals surface area contributed by atoms with Crippen molar-refractivity contribution in [2.24, 2.45) is 18.9 Å². The van der Waals surface area contributed by atoms with Gasteiger partial charge in [-0.1, -0.05) is 48.3 Å². The molecule has 2 aromatic heterocycles. The largest absolute Gasteiger partial charge is 0.416 e. The second-order valence-electron chi connectivity index (χ2n) is 14.8. The van der Waals surface area contributed by atoms with Crippen LogP contribution in [-0.4, -0.2) is 44.4 Å². The number of hydrogen-bond acceptors (Lipinski definition) is 7. The normalized spacial score (nSPS) is 19.2. The van der Waals surface area contributed by atoms with Crippen molar-refractivity contribution in [2.75, 3.05) is 23.0 Å². The van der Waals surface area contributed by atoms with Gasteiger partial charge in [0, 0.05) is 49.3 Å². The first-order chi connectivity index (χ1) is 26.7. The van der Waals surface area contributed by atoms with Crippen LogP contribution in [0.25, 0.3) is 10.9 Å². The number of pyridine rings is 1. The third-order valence-corrected chi connectivity index (χ3v) is 10.9. The van der Waals surface area contributed by atoms with E-state index in [0.29, 0.717) is 55.1 Å². The molecule has 3 aromatic carbocycles. The van der Waals surface area contributed by atoms with Gasteiger partial charge in [-0.2, -0.15) is 31.1 Å². The van der Waals surface area contributed by atoms with Gasteiger partial charge in [0.2, 0.25) is 0 Å². The summed E-state index contributed by atoms with van der Waals surface area (Å²) in [6.45, 7) is 1.27. The number of tetrazole rings is 1. The van der Waals surface area contributed by atoms with E-state index in [1.165, 1.54) is 11.9 Å². The topological polar surface area (TPSA) is 72.2 Å². The molecule has 5 aromatic rings. The van der Waals surface area contributed by atoms with Crippen LogP contribution in [0.15, 0.2) is 66.7 Å². The molecular weight excluding hydrogens is 746 g/mol. The Morgan fingerprint density at radius 1 is 0.804 bits per heavy atom. The molecule has 0 radical (unpaired) electrons. The van der Waals surface area contributed by atoms with E-state index in [1.807, 2.05) is 30.3 Å². The summed E-state index contributed by atoms with van der Waals surface area (Å²) in [7, 11) is 1.47. The second-order valence-corrected chi connectivity index (χ2v) is 14.8. The Morgan fingerprint density at radius 3 is 2.16 bits per heavy atom. The Morgan fingerprint density at radius 2 is 1.50 bits per heavy atom. The highest BCUT2D eigenvalue weighted by atomic mass is 19.4. The Balaban J connectivity index is 1.16. The summed E-state index contributed by atoms with van der Waals surface area (Å²) in [6, 6.07) is 15.2. The van der Waals surface area contributed by atoms with Gasteiger partial charge in [0.1, 0.15) is 5.82 Å². The van der Waals surface area contributed by atoms with Crippen molar-refractivity contribution in [3.05, 3.63) is 106 Å². The van der Waals surface area contributed by atoms with Crippen LogP contribution in [0.2, 0.25) is 0 Å². The number of benzene rings is 3. The van der Waals surface area contributed by atoms with E-state index in [4.69, 9.17) is 9.72 Å². The van der Waals surface area contributed by atoms with Gasteiger partial charge in [-0.25, -0.2) is 13.8 Å². The first-order valence-electron chi connectivity index (χ1n) is 18.7. The van der Waals surface area contributed by atoms with Crippen LogP contribution < -0.4 is 9.80 Å². The minimum atomic E-state index is -5.04. The molecule has 2 aliphatic rings. The van der Waals surface area contributed by atoms with E-state index in [1.54, 1.807) is 6.07 Å². The molecule has 16 heteroatoms. The zero-order valence-corrected chi connectivity index (χ0v) is 30.6. The van der Waals surface area contributed by atoms with Crippen LogP contribution in [0.4, 0.5) is 46.9 Å². The number of halogens is 8. The minimum absolute atomic E-state index is 0.0566. The maximum absolute atomic E-state index is 14.5. The van der Waals surface area contributed by atoms with Gasteiger partial charge in [0.15, 0.2) is 11.6 Å². The fourth-order valence-electron chi connectivity index (χ4n) is 8.12. The van der Waals surface area contributed by atoms with Gasteiger partial charge in [-0.15, -0.1) is 5.10 Å². The molecule has 1 saturated carbocycles. The van der Waals surface area contributed by atoms with Crippen molar-refractivity contribution in [1.29, 1.82) is 0 Å². The first kappa shape index (κ1) is 39.4. The number of alkyl halides is 6. The van der Waals surface area contributed by atoms with Gasteiger partial charge in [0.25, 0.3) is 5.95 Å². The van der Waals surface area contributed by atoms with E-state index in [-0.39, 0.29) is 41.1 Å². The van der Waals surface area contributed by atoms with Crippen molar-refractivity contribution in [3.63, 3.8) is 0 Å². The summed E-state index contributed by atoms with van der Waals surface area (Å²) in [5.41, 5.74) is -1.35. The summed E-state index contributed by atoms with van der Waals surface area (Å²) < 4.78 is 118. The van der Waals surface area contributed by atoms with Crippen molar-refractivity contribution in [2.45, 2.75) is 83.0 Å². The molecule has 1 aliphatic heterocycles. The van der Waals surface area contributed by atoms with E-state index in [0.717, 1.165) is 67.4 Å². The standard InChI is InChI=1S/C40H41F8N7O/c1-53-51-38(50-52-53)54(22-27-16-31(39(43,44)45)20-32(17-27)40(46,47)48)23-30-18-29-19-33(41)34(42)21-35(29)49-37(30)55-14-5-8-36(55)28-11-9-25(10-12-28)13-15-56-24-26-6-3-2-4-7-26/h2-4,6-7,16-21,25,28,36H,5,8-15,22-24H2,1H3/t25?,28?,36-/m1/s1. The molecule has 298 valence electrons. The molecular formula is C40H41F8N7O. The van der Waals surface area contributed by atoms with Crippen LogP contribution >= 0.6 is 0 Å². The molecule has 0 bridgehead atoms. The highest BCUT2D eigenvalue weighted by molar-refractivity contribution is 5.82. The predicted molar refractivity (Wildman–Crippen MR) is 193 cm³/mol. The molecule has 2 fully saturated rings. The highest BCUT2D eigenvalue weighted by Crippen LogP contribution is 2.41. The molecule has 0 N–H and O–H groups in total. The Kier molecular flexibility index (Phi) is 11.5. The zero-order chi connectivity index (χ0) is 39.6. The van der Waals surface area contributed by atoms with Gasteiger partial charge in [-0.3, -0.25) is 0 Å². The maximum atomic E-state index is 14.5. The average molecular weight is 788 g/mol. The minimum Gasteiger partial charge on any atom is -0.377 e. The number of hydrogen-bond donors (Lipinski definition) is 0. The van der Waals surface area contributed by atoms with Crippen LogP contribution in [0.1, 0.15) is 72.8 Å². The lowest BCUT2D eigenvalue weighted by Gasteiger charge is -2.38. The molecule has 0 amide bonds. The molecule has 8 nitrogen and oxygen atoms in total. The molecule has 0 spiro atoms. The summed E-state index contributed by atoms with van der Waals surface area (Å²) in [5.74, 6) is -0.863. The van der Waals surface area contributed by atoms with Crippen molar-refractivity contribution >= 4 is 22.7 Å². The van der Waals surface area contributed by atoms with Gasteiger partial charge in [-0.05, 0) is 90.6 Å². The maximum Gasteiger partial charge on any atom is 0.416 e. The van der Waals surface area contributed by atoms with Crippen LogP contribution in [0.5, 0.6) is 0 Å². The number of aromatic nitrogens is 5. The second kappa shape index (κ2) is 16.3. The van der Waals surface area contributed by atoms with Crippen molar-refractivity contribution < 1.29 is 39.9 Å². The summed E-state index contributed by atoms with van der Waals surface area (Å²) >= 11 is 0. The van der Waals surface area contributed by atoms with Crippen LogP contribution in [0.3, 0.4) is 0 Å². The number of nitrogens with zero attached hydrogens (tertiary/aromatic N) is 7. The number of aryl methyl sites for hydroxylation is 1. The third kappa shape index (κ3) is 9.22. The van der Waals surface area contributed by atoms with E-state index in [2.05, 4.69) is 20.3 Å². The Labute approximate surface area is 318 Å². The van der Waals surface area contributed by atoms with Crippen molar-refractivity contribution in [1.82, 2.24) is 25.2 Å². The summed E-state index contributed by atoms with van der Waals surface area (Å²) in [5, 5.41) is 12.4. The summed E-state index contributed by atoms with van der Waals surface area (Å²) in [4.78, 5) is 9.57. The molecule has 1 saturated heterocycles. The third-order valence-electron chi connectivity index (χ3n) is 10.9. The number of ether oxygens (including phenoxy) is 1. The monoisotopic (exact) mass is 787 g/mol. The summed E-state index contributed by atoms with van der Waals surface area (Å²) in [6.07, 6.45) is -3.33. The molecule has 7 rings (SSSR count).